The van der Waals surface area contributed by atoms with E-state index in [-0.39, 0.29) is 5.97 Å². The van der Waals surface area contributed by atoms with E-state index >= 15 is 0 Å². The minimum absolute atomic E-state index is 0.0896. The fraction of sp³-hybridized carbons (Fsp3) is 0.893. The molecule has 0 atom stereocenters. The van der Waals surface area contributed by atoms with Crippen LogP contribution in [0.2, 0.25) is 26.6 Å². The van der Waals surface area contributed by atoms with E-state index in [1.807, 2.05) is 6.92 Å². The van der Waals surface area contributed by atoms with E-state index in [0.717, 1.165) is 5.76 Å². The molecule has 0 aromatic heterocycles. The molecule has 0 fully saturated rings. The molecule has 0 radical (unpaired) electrons. The van der Waals surface area contributed by atoms with Crippen LogP contribution in [-0.2, 0) is 10.9 Å². The fourth-order valence-corrected chi connectivity index (χ4v) is 31.5. The first-order chi connectivity index (χ1) is 15.9. The molecule has 0 rings (SSSR count). The van der Waals surface area contributed by atoms with Gasteiger partial charge in [-0.05, 0) is 0 Å². The summed E-state index contributed by atoms with van der Waals surface area (Å²) in [6.45, 7) is 15.6. The first-order valence-corrected chi connectivity index (χ1v) is 28.9. The van der Waals surface area contributed by atoms with Crippen molar-refractivity contribution in [2.45, 2.75) is 152 Å². The van der Waals surface area contributed by atoms with Crippen molar-refractivity contribution >= 4 is 43.6 Å². The van der Waals surface area contributed by atoms with Crippen LogP contribution in [0.3, 0.4) is 0 Å². The third kappa shape index (κ3) is 15.4. The van der Waals surface area contributed by atoms with Crippen LogP contribution in [0.25, 0.3) is 0 Å². The molecule has 0 bridgehead atoms. The van der Waals surface area contributed by atoms with Crippen molar-refractivity contribution in [3.63, 3.8) is 0 Å². The molecule has 5 heteroatoms. The van der Waals surface area contributed by atoms with Gasteiger partial charge in [-0.3, -0.25) is 0 Å². The summed E-state index contributed by atoms with van der Waals surface area (Å²) in [5.74, 6) is 0.758. The normalized spacial score (nSPS) is 12.8. The van der Waals surface area contributed by atoms with E-state index in [4.69, 9.17) is 6.15 Å². The van der Waals surface area contributed by atoms with Gasteiger partial charge in [0, 0.05) is 0 Å². The van der Waals surface area contributed by atoms with Crippen LogP contribution in [-0.4, -0.2) is 43.6 Å². The molecule has 33 heavy (non-hydrogen) atoms. The summed E-state index contributed by atoms with van der Waals surface area (Å²) in [7, 11) is 0. The third-order valence-corrected chi connectivity index (χ3v) is 32.6. The zero-order chi connectivity index (χ0) is 25.0. The third-order valence-electron chi connectivity index (χ3n) is 6.93. The van der Waals surface area contributed by atoms with E-state index in [2.05, 4.69) is 41.5 Å². The SMILES string of the molecule is CCC[CH2][Sn]([CH2]CCC)([CH2]CCC)[O]C(=O)C=C(C)[O][Sn]([CH2]CCC)([CH2]CCC)[CH2]CCC. The van der Waals surface area contributed by atoms with E-state index in [9.17, 15) is 4.79 Å². The van der Waals surface area contributed by atoms with Crippen molar-refractivity contribution in [1.82, 2.24) is 0 Å². The molecule has 0 saturated heterocycles. The Bertz CT molecular complexity index is 476. The van der Waals surface area contributed by atoms with Gasteiger partial charge in [-0.2, -0.15) is 0 Å². The number of unbranched alkanes of at least 4 members (excludes halogenated alkanes) is 6. The van der Waals surface area contributed by atoms with Gasteiger partial charge in [0.2, 0.25) is 0 Å². The molecule has 3 nitrogen and oxygen atoms in total. The predicted molar refractivity (Wildman–Crippen MR) is 151 cm³/mol. The minimum atomic E-state index is -2.93. The molecule has 0 aromatic carbocycles. The van der Waals surface area contributed by atoms with Gasteiger partial charge < -0.3 is 0 Å². The molecule has 0 amide bonds. The monoisotopic (exact) mass is 682 g/mol. The molecule has 0 aliphatic rings. The first kappa shape index (κ1) is 33.6. The fourth-order valence-electron chi connectivity index (χ4n) is 4.83. The van der Waals surface area contributed by atoms with Gasteiger partial charge in [-0.15, -0.1) is 0 Å². The molecule has 0 N–H and O–H groups in total. The van der Waals surface area contributed by atoms with Gasteiger partial charge in [0.1, 0.15) is 0 Å². The van der Waals surface area contributed by atoms with Crippen molar-refractivity contribution < 1.29 is 10.9 Å². The van der Waals surface area contributed by atoms with Gasteiger partial charge in [-0.1, -0.05) is 0 Å². The zero-order valence-corrected chi connectivity index (χ0v) is 29.2. The second kappa shape index (κ2) is 20.8. The number of carbonyl (C=O) groups is 1. The number of allylic oxidation sites excluding steroid dienone is 1. The van der Waals surface area contributed by atoms with Crippen LogP contribution in [0, 0.1) is 0 Å². The second-order valence-corrected chi connectivity index (χ2v) is 33.5. The van der Waals surface area contributed by atoms with Crippen molar-refractivity contribution in [1.29, 1.82) is 0 Å². The Kier molecular flexibility index (Phi) is 21.1. The van der Waals surface area contributed by atoms with Crippen LogP contribution >= 0.6 is 0 Å². The van der Waals surface area contributed by atoms with Gasteiger partial charge >= 0.3 is 218 Å². The van der Waals surface area contributed by atoms with Crippen molar-refractivity contribution in [2.24, 2.45) is 0 Å². The Morgan fingerprint density at radius 2 is 0.818 bits per heavy atom. The maximum absolute atomic E-state index is 13.2. The number of rotatable bonds is 22. The predicted octanol–water partition coefficient (Wildman–Crippen LogP) is 10.1. The van der Waals surface area contributed by atoms with Crippen LogP contribution in [0.15, 0.2) is 11.8 Å². The standard InChI is InChI=1S/C4H6O3.6C4H9.2Sn/c1-3(5)2-4(6)7;6*1-3-4-2;;/h2,5H,1H3,(H,6,7);6*1,3-4H2,2H3;;/q;;;;;;;2*+1/p-2. The molecular formula is C28H58O3Sn2. The molecule has 0 unspecified atom stereocenters. The molecule has 0 aromatic rings. The zero-order valence-electron chi connectivity index (χ0n) is 23.5. The molecule has 0 aliphatic carbocycles. The van der Waals surface area contributed by atoms with Crippen molar-refractivity contribution in [3.8, 4) is 0 Å². The van der Waals surface area contributed by atoms with Crippen molar-refractivity contribution in [2.75, 3.05) is 0 Å². The summed E-state index contributed by atoms with van der Waals surface area (Å²) in [6.07, 6.45) is 16.4. The molecule has 0 saturated carbocycles. The van der Waals surface area contributed by atoms with E-state index in [0.29, 0.717) is 0 Å². The van der Waals surface area contributed by atoms with E-state index in [1.54, 1.807) is 6.08 Å². The van der Waals surface area contributed by atoms with E-state index in [1.165, 1.54) is 104 Å². The Balaban J connectivity index is 5.59. The number of hydrogen-bond acceptors (Lipinski definition) is 3. The van der Waals surface area contributed by atoms with Gasteiger partial charge in [0.15, 0.2) is 0 Å². The van der Waals surface area contributed by atoms with Crippen LogP contribution < -0.4 is 0 Å². The average molecular weight is 680 g/mol. The molecule has 0 aliphatic heterocycles. The van der Waals surface area contributed by atoms with Gasteiger partial charge in [-0.25, -0.2) is 0 Å². The average Bonchev–Trinajstić information content (AvgIpc) is 2.80. The first-order valence-electron chi connectivity index (χ1n) is 14.5. The Morgan fingerprint density at radius 1 is 0.545 bits per heavy atom. The summed E-state index contributed by atoms with van der Waals surface area (Å²) >= 11 is -5.69. The summed E-state index contributed by atoms with van der Waals surface area (Å²) < 4.78 is 20.8. The number of hydrogen-bond donors (Lipinski definition) is 0. The summed E-state index contributed by atoms with van der Waals surface area (Å²) in [5, 5.41) is 0. The Labute approximate surface area is 217 Å². The van der Waals surface area contributed by atoms with Crippen molar-refractivity contribution in [3.05, 3.63) is 11.8 Å². The summed E-state index contributed by atoms with van der Waals surface area (Å²) in [5.41, 5.74) is 0. The van der Waals surface area contributed by atoms with E-state index < -0.39 is 37.6 Å². The number of carbonyl (C=O) groups excluding carboxylic acids is 1. The molecule has 0 heterocycles. The molecule has 196 valence electrons. The Hall–Kier alpha value is 0.607. The van der Waals surface area contributed by atoms with Crippen LogP contribution in [0.4, 0.5) is 0 Å². The quantitative estimate of drug-likeness (QED) is 0.0649. The molecular weight excluding hydrogens is 622 g/mol. The van der Waals surface area contributed by atoms with Gasteiger partial charge in [0.25, 0.3) is 0 Å². The van der Waals surface area contributed by atoms with Crippen LogP contribution in [0.5, 0.6) is 0 Å². The second-order valence-electron chi connectivity index (χ2n) is 10.3. The topological polar surface area (TPSA) is 35.5 Å². The molecule has 0 spiro atoms. The summed E-state index contributed by atoms with van der Waals surface area (Å²) in [4.78, 5) is 13.2. The van der Waals surface area contributed by atoms with Gasteiger partial charge in [0.05, 0.1) is 0 Å². The summed E-state index contributed by atoms with van der Waals surface area (Å²) in [6, 6.07) is 0. The van der Waals surface area contributed by atoms with Crippen LogP contribution in [0.1, 0.15) is 126 Å². The Morgan fingerprint density at radius 3 is 1.09 bits per heavy atom. The maximum atomic E-state index is 13.2.